The van der Waals surface area contributed by atoms with Crippen molar-refractivity contribution < 1.29 is 14.3 Å². The van der Waals surface area contributed by atoms with Crippen molar-refractivity contribution in [1.82, 2.24) is 10.3 Å². The van der Waals surface area contributed by atoms with Crippen LogP contribution in [0.4, 0.5) is 0 Å². The molecule has 0 spiro atoms. The van der Waals surface area contributed by atoms with E-state index in [2.05, 4.69) is 15.0 Å². The van der Waals surface area contributed by atoms with Crippen molar-refractivity contribution in [3.8, 4) is 0 Å². The van der Waals surface area contributed by atoms with Gasteiger partial charge in [-0.1, -0.05) is 18.2 Å². The van der Waals surface area contributed by atoms with Gasteiger partial charge in [-0.3, -0.25) is 9.59 Å². The fraction of sp³-hybridized carbons (Fsp3) is 0.231. The van der Waals surface area contributed by atoms with Crippen LogP contribution in [-0.4, -0.2) is 30.5 Å². The third-order valence-electron chi connectivity index (χ3n) is 2.68. The number of esters is 1. The van der Waals surface area contributed by atoms with Crippen molar-refractivity contribution in [3.63, 3.8) is 0 Å². The molecular formula is C13H14N2O3. The van der Waals surface area contributed by atoms with Crippen LogP contribution in [0.25, 0.3) is 10.9 Å². The largest absolute Gasteiger partial charge is 0.468 e. The predicted octanol–water partition coefficient (Wildman–Crippen LogP) is 1.000. The van der Waals surface area contributed by atoms with E-state index < -0.39 is 5.97 Å². The van der Waals surface area contributed by atoms with Gasteiger partial charge >= 0.3 is 5.97 Å². The zero-order valence-corrected chi connectivity index (χ0v) is 10.0. The third kappa shape index (κ3) is 2.68. The van der Waals surface area contributed by atoms with Gasteiger partial charge < -0.3 is 15.0 Å². The molecule has 2 rings (SSSR count). The summed E-state index contributed by atoms with van der Waals surface area (Å²) in [6.07, 6.45) is 2.05. The number of aromatic amines is 1. The Hall–Kier alpha value is -2.30. The highest BCUT2D eigenvalue weighted by atomic mass is 16.5. The van der Waals surface area contributed by atoms with Crippen molar-refractivity contribution in [2.75, 3.05) is 13.7 Å². The highest BCUT2D eigenvalue weighted by molar-refractivity contribution is 5.90. The van der Waals surface area contributed by atoms with Crippen LogP contribution >= 0.6 is 0 Å². The van der Waals surface area contributed by atoms with Gasteiger partial charge in [-0.15, -0.1) is 0 Å². The molecule has 0 saturated heterocycles. The maximum atomic E-state index is 11.6. The molecule has 1 aromatic carbocycles. The van der Waals surface area contributed by atoms with Crippen LogP contribution in [0.15, 0.2) is 30.5 Å². The Morgan fingerprint density at radius 3 is 2.89 bits per heavy atom. The molecule has 0 aliphatic rings. The van der Waals surface area contributed by atoms with Crippen molar-refractivity contribution >= 4 is 22.8 Å². The Bertz CT molecular complexity index is 574. The topological polar surface area (TPSA) is 71.2 Å². The van der Waals surface area contributed by atoms with E-state index in [1.165, 1.54) is 7.11 Å². The van der Waals surface area contributed by atoms with Gasteiger partial charge in [0.2, 0.25) is 5.91 Å². The number of rotatable bonds is 4. The van der Waals surface area contributed by atoms with Crippen LogP contribution in [0.3, 0.4) is 0 Å². The Morgan fingerprint density at radius 1 is 1.33 bits per heavy atom. The molecule has 5 nitrogen and oxygen atoms in total. The summed E-state index contributed by atoms with van der Waals surface area (Å²) in [4.78, 5) is 25.6. The molecule has 2 aromatic rings. The molecule has 0 bridgehead atoms. The molecule has 18 heavy (non-hydrogen) atoms. The second kappa shape index (κ2) is 5.35. The summed E-state index contributed by atoms with van der Waals surface area (Å²) in [7, 11) is 1.29. The molecule has 94 valence electrons. The summed E-state index contributed by atoms with van der Waals surface area (Å²) in [5.41, 5.74) is 1.90. The molecule has 0 aliphatic carbocycles. The molecule has 1 amide bonds. The fourth-order valence-corrected chi connectivity index (χ4v) is 1.76. The van der Waals surface area contributed by atoms with E-state index in [0.29, 0.717) is 0 Å². The molecule has 0 saturated carbocycles. The Labute approximate surface area is 104 Å². The van der Waals surface area contributed by atoms with Crippen LogP contribution in [0.5, 0.6) is 0 Å². The van der Waals surface area contributed by atoms with Gasteiger partial charge in [0.05, 0.1) is 13.5 Å². The quantitative estimate of drug-likeness (QED) is 0.790. The van der Waals surface area contributed by atoms with Gasteiger partial charge in [0.15, 0.2) is 0 Å². The minimum Gasteiger partial charge on any atom is -0.468 e. The molecule has 0 radical (unpaired) electrons. The zero-order valence-electron chi connectivity index (χ0n) is 10.0. The number of benzene rings is 1. The zero-order chi connectivity index (χ0) is 13.0. The molecule has 0 fully saturated rings. The van der Waals surface area contributed by atoms with Gasteiger partial charge in [0, 0.05) is 17.1 Å². The number of H-pyrrole nitrogens is 1. The lowest BCUT2D eigenvalue weighted by molar-refractivity contribution is -0.141. The second-order valence-electron chi connectivity index (χ2n) is 3.89. The van der Waals surface area contributed by atoms with Gasteiger partial charge in [-0.25, -0.2) is 0 Å². The van der Waals surface area contributed by atoms with E-state index in [1.807, 2.05) is 30.5 Å². The number of ether oxygens (including phenoxy) is 1. The van der Waals surface area contributed by atoms with Crippen molar-refractivity contribution in [2.45, 2.75) is 6.42 Å². The Morgan fingerprint density at radius 2 is 2.11 bits per heavy atom. The van der Waals surface area contributed by atoms with Crippen LogP contribution in [0.1, 0.15) is 5.56 Å². The second-order valence-corrected chi connectivity index (χ2v) is 3.89. The molecular weight excluding hydrogens is 232 g/mol. The molecule has 0 atom stereocenters. The summed E-state index contributed by atoms with van der Waals surface area (Å²) in [5, 5.41) is 3.53. The van der Waals surface area contributed by atoms with Crippen molar-refractivity contribution in [1.29, 1.82) is 0 Å². The lowest BCUT2D eigenvalue weighted by Gasteiger charge is -2.03. The van der Waals surface area contributed by atoms with Crippen LogP contribution < -0.4 is 5.32 Å². The standard InChI is InChI=1S/C13H14N2O3/c1-18-13(17)8-15-12(16)6-9-7-14-11-5-3-2-4-10(9)11/h2-5,7,14H,6,8H2,1H3,(H,15,16). The number of hydrogen-bond acceptors (Lipinski definition) is 3. The van der Waals surface area contributed by atoms with E-state index >= 15 is 0 Å². The van der Waals surface area contributed by atoms with Crippen molar-refractivity contribution in [2.24, 2.45) is 0 Å². The SMILES string of the molecule is COC(=O)CNC(=O)Cc1c[nH]c2ccccc12. The highest BCUT2D eigenvalue weighted by Crippen LogP contribution is 2.17. The third-order valence-corrected chi connectivity index (χ3v) is 2.68. The number of carbonyl (C=O) groups excluding carboxylic acids is 2. The highest BCUT2D eigenvalue weighted by Gasteiger charge is 2.09. The number of para-hydroxylation sites is 1. The number of aromatic nitrogens is 1. The number of nitrogens with one attached hydrogen (secondary N) is 2. The molecule has 0 unspecified atom stereocenters. The van der Waals surface area contributed by atoms with Gasteiger partial charge in [0.25, 0.3) is 0 Å². The minimum absolute atomic E-state index is 0.0995. The van der Waals surface area contributed by atoms with Gasteiger partial charge in [-0.05, 0) is 11.6 Å². The molecule has 1 heterocycles. The molecule has 1 aromatic heterocycles. The normalized spacial score (nSPS) is 10.3. The smallest absolute Gasteiger partial charge is 0.325 e. The summed E-state index contributed by atoms with van der Waals surface area (Å²) in [5.74, 6) is -0.660. The summed E-state index contributed by atoms with van der Waals surface area (Å²) in [6, 6.07) is 7.76. The first-order chi connectivity index (χ1) is 8.70. The number of methoxy groups -OCH3 is 1. The number of fused-ring (bicyclic) bond motifs is 1. The van der Waals surface area contributed by atoms with Gasteiger partial charge in [-0.2, -0.15) is 0 Å². The van der Waals surface area contributed by atoms with E-state index in [-0.39, 0.29) is 18.9 Å². The van der Waals surface area contributed by atoms with E-state index in [0.717, 1.165) is 16.5 Å². The summed E-state index contributed by atoms with van der Waals surface area (Å²) < 4.78 is 4.45. The van der Waals surface area contributed by atoms with E-state index in [9.17, 15) is 9.59 Å². The van der Waals surface area contributed by atoms with Crippen LogP contribution in [-0.2, 0) is 20.7 Å². The summed E-state index contributed by atoms with van der Waals surface area (Å²) >= 11 is 0. The lowest BCUT2D eigenvalue weighted by atomic mass is 10.1. The van der Waals surface area contributed by atoms with Gasteiger partial charge in [0.1, 0.15) is 6.54 Å². The maximum absolute atomic E-state index is 11.6. The maximum Gasteiger partial charge on any atom is 0.325 e. The fourth-order valence-electron chi connectivity index (χ4n) is 1.76. The molecule has 0 aliphatic heterocycles. The Kier molecular flexibility index (Phi) is 3.62. The average Bonchev–Trinajstić information content (AvgIpc) is 2.79. The van der Waals surface area contributed by atoms with E-state index in [1.54, 1.807) is 0 Å². The van der Waals surface area contributed by atoms with Crippen LogP contribution in [0, 0.1) is 0 Å². The minimum atomic E-state index is -0.456. The molecule has 2 N–H and O–H groups in total. The summed E-state index contributed by atoms with van der Waals surface area (Å²) in [6.45, 7) is -0.0995. The number of carbonyl (C=O) groups is 2. The van der Waals surface area contributed by atoms with Crippen LogP contribution in [0.2, 0.25) is 0 Å². The number of hydrogen-bond donors (Lipinski definition) is 2. The predicted molar refractivity (Wildman–Crippen MR) is 67.0 cm³/mol. The van der Waals surface area contributed by atoms with Crippen molar-refractivity contribution in [3.05, 3.63) is 36.0 Å². The Balaban J connectivity index is 2.01. The monoisotopic (exact) mass is 246 g/mol. The average molecular weight is 246 g/mol. The molecule has 5 heteroatoms. The lowest BCUT2D eigenvalue weighted by Crippen LogP contribution is -2.31. The van der Waals surface area contributed by atoms with E-state index in [4.69, 9.17) is 0 Å². The first kappa shape index (κ1) is 12.2. The number of amides is 1. The first-order valence-corrected chi connectivity index (χ1v) is 5.59. The first-order valence-electron chi connectivity index (χ1n) is 5.59.